The molecule has 1 aromatic heterocycles. The molecule has 17 heavy (non-hydrogen) atoms. The molecule has 0 aliphatic carbocycles. The summed E-state index contributed by atoms with van der Waals surface area (Å²) in [5.41, 5.74) is 1.28. The molecule has 1 aromatic carbocycles. The van der Waals surface area contributed by atoms with Crippen LogP contribution in [0.25, 0.3) is 10.1 Å². The fourth-order valence-electron chi connectivity index (χ4n) is 2.08. The van der Waals surface area contributed by atoms with Gasteiger partial charge < -0.3 is 5.32 Å². The smallest absolute Gasteiger partial charge is 0.124 e. The Morgan fingerprint density at radius 1 is 1.41 bits per heavy atom. The van der Waals surface area contributed by atoms with E-state index < -0.39 is 0 Å². The van der Waals surface area contributed by atoms with Crippen LogP contribution in [0.1, 0.15) is 36.8 Å². The summed E-state index contributed by atoms with van der Waals surface area (Å²) >= 11 is 1.69. The molecular formula is C14H18FNS. The van der Waals surface area contributed by atoms with Crippen LogP contribution in [0, 0.1) is 12.7 Å². The summed E-state index contributed by atoms with van der Waals surface area (Å²) in [7, 11) is 0. The minimum atomic E-state index is -0.153. The third-order valence-electron chi connectivity index (χ3n) is 3.03. The average Bonchev–Trinajstić information content (AvgIpc) is 2.63. The molecule has 0 aliphatic rings. The molecule has 1 heterocycles. The van der Waals surface area contributed by atoms with Gasteiger partial charge >= 0.3 is 0 Å². The molecule has 0 saturated carbocycles. The molecule has 1 N–H and O–H groups in total. The molecule has 1 atom stereocenters. The first kappa shape index (κ1) is 12.5. The summed E-state index contributed by atoms with van der Waals surface area (Å²) in [6.07, 6.45) is 1.13. The van der Waals surface area contributed by atoms with Gasteiger partial charge in [-0.2, -0.15) is 0 Å². The van der Waals surface area contributed by atoms with Crippen molar-refractivity contribution < 1.29 is 4.39 Å². The van der Waals surface area contributed by atoms with Gasteiger partial charge in [-0.05, 0) is 49.9 Å². The first-order valence-electron chi connectivity index (χ1n) is 6.05. The van der Waals surface area contributed by atoms with E-state index >= 15 is 0 Å². The van der Waals surface area contributed by atoms with Crippen LogP contribution in [0.4, 0.5) is 4.39 Å². The van der Waals surface area contributed by atoms with Gasteiger partial charge in [0.05, 0.1) is 0 Å². The molecule has 0 saturated heterocycles. The summed E-state index contributed by atoms with van der Waals surface area (Å²) in [6.45, 7) is 7.47. The Bertz CT molecular complexity index is 518. The van der Waals surface area contributed by atoms with E-state index in [9.17, 15) is 4.39 Å². The Morgan fingerprint density at radius 2 is 2.18 bits per heavy atom. The van der Waals surface area contributed by atoms with Gasteiger partial charge in [-0.25, -0.2) is 4.39 Å². The largest absolute Gasteiger partial charge is 0.309 e. The van der Waals surface area contributed by atoms with E-state index in [0.29, 0.717) is 6.04 Å². The molecule has 0 amide bonds. The predicted octanol–water partition coefficient (Wildman–Crippen LogP) is 4.41. The number of hydrogen-bond donors (Lipinski definition) is 1. The number of nitrogens with one attached hydrogen (secondary N) is 1. The number of fused-ring (bicyclic) bond motifs is 1. The monoisotopic (exact) mass is 251 g/mol. The Kier molecular flexibility index (Phi) is 3.79. The van der Waals surface area contributed by atoms with E-state index in [4.69, 9.17) is 0 Å². The van der Waals surface area contributed by atoms with Crippen LogP contribution in [-0.2, 0) is 0 Å². The van der Waals surface area contributed by atoms with E-state index in [0.717, 1.165) is 17.7 Å². The lowest BCUT2D eigenvalue weighted by Gasteiger charge is -2.12. The van der Waals surface area contributed by atoms with Gasteiger partial charge in [-0.1, -0.05) is 13.0 Å². The maximum Gasteiger partial charge on any atom is 0.124 e. The fraction of sp³-hybridized carbons (Fsp3) is 0.429. The number of aryl methyl sites for hydroxylation is 1. The van der Waals surface area contributed by atoms with E-state index in [-0.39, 0.29) is 5.82 Å². The summed E-state index contributed by atoms with van der Waals surface area (Å²) in [5, 5.41) is 4.66. The third-order valence-corrected chi connectivity index (χ3v) is 4.47. The molecule has 0 aliphatic heterocycles. The minimum absolute atomic E-state index is 0.153. The van der Waals surface area contributed by atoms with Gasteiger partial charge in [0.15, 0.2) is 0 Å². The van der Waals surface area contributed by atoms with Crippen LogP contribution in [0.5, 0.6) is 0 Å². The van der Waals surface area contributed by atoms with Crippen molar-refractivity contribution in [2.75, 3.05) is 6.54 Å². The normalized spacial score (nSPS) is 13.2. The van der Waals surface area contributed by atoms with E-state index in [1.807, 2.05) is 6.07 Å². The van der Waals surface area contributed by atoms with Crippen molar-refractivity contribution in [3.63, 3.8) is 0 Å². The third kappa shape index (κ3) is 2.50. The molecule has 3 heteroatoms. The number of hydrogen-bond acceptors (Lipinski definition) is 2. The van der Waals surface area contributed by atoms with Crippen molar-refractivity contribution in [3.05, 3.63) is 34.5 Å². The second kappa shape index (κ2) is 5.15. The molecule has 0 bridgehead atoms. The Balaban J connectivity index is 2.37. The molecular weight excluding hydrogens is 233 g/mol. The zero-order valence-electron chi connectivity index (χ0n) is 10.5. The van der Waals surface area contributed by atoms with Crippen LogP contribution in [-0.4, -0.2) is 6.54 Å². The highest BCUT2D eigenvalue weighted by atomic mass is 32.1. The maximum atomic E-state index is 13.2. The SMILES string of the molecule is CCCNC(C)c1sc2cc(F)ccc2c1C. The zero-order chi connectivity index (χ0) is 12.4. The molecule has 0 radical (unpaired) electrons. The van der Waals surface area contributed by atoms with Gasteiger partial charge in [0.25, 0.3) is 0 Å². The second-order valence-corrected chi connectivity index (χ2v) is 5.49. The van der Waals surface area contributed by atoms with Crippen LogP contribution in [0.2, 0.25) is 0 Å². The number of benzene rings is 1. The second-order valence-electron chi connectivity index (χ2n) is 4.41. The maximum absolute atomic E-state index is 13.2. The van der Waals surface area contributed by atoms with Gasteiger partial charge in [0, 0.05) is 15.6 Å². The Morgan fingerprint density at radius 3 is 2.88 bits per heavy atom. The topological polar surface area (TPSA) is 12.0 Å². The lowest BCUT2D eigenvalue weighted by Crippen LogP contribution is -2.18. The van der Waals surface area contributed by atoms with Gasteiger partial charge in [-0.3, -0.25) is 0 Å². The lowest BCUT2D eigenvalue weighted by molar-refractivity contribution is 0.576. The quantitative estimate of drug-likeness (QED) is 0.848. The molecule has 0 fully saturated rings. The highest BCUT2D eigenvalue weighted by molar-refractivity contribution is 7.19. The van der Waals surface area contributed by atoms with Crippen LogP contribution >= 0.6 is 11.3 Å². The highest BCUT2D eigenvalue weighted by Gasteiger charge is 2.14. The van der Waals surface area contributed by atoms with E-state index in [1.54, 1.807) is 17.4 Å². The fourth-order valence-corrected chi connectivity index (χ4v) is 3.35. The highest BCUT2D eigenvalue weighted by Crippen LogP contribution is 2.34. The standard InChI is InChI=1S/C14H18FNS/c1-4-7-16-10(3)14-9(2)12-6-5-11(15)8-13(12)17-14/h5-6,8,10,16H,4,7H2,1-3H3. The van der Waals surface area contributed by atoms with Crippen LogP contribution < -0.4 is 5.32 Å². The molecule has 92 valence electrons. The van der Waals surface area contributed by atoms with E-state index in [1.165, 1.54) is 21.9 Å². The Hall–Kier alpha value is -0.930. The molecule has 0 spiro atoms. The van der Waals surface area contributed by atoms with Crippen molar-refractivity contribution in [3.8, 4) is 0 Å². The Labute approximate surface area is 106 Å². The number of thiophene rings is 1. The number of rotatable bonds is 4. The zero-order valence-corrected chi connectivity index (χ0v) is 11.3. The summed E-state index contributed by atoms with van der Waals surface area (Å²) in [4.78, 5) is 1.32. The predicted molar refractivity (Wildman–Crippen MR) is 73.2 cm³/mol. The van der Waals surface area contributed by atoms with Gasteiger partial charge in [0.2, 0.25) is 0 Å². The van der Waals surface area contributed by atoms with Crippen molar-refractivity contribution >= 4 is 21.4 Å². The first-order chi connectivity index (χ1) is 8.13. The van der Waals surface area contributed by atoms with Gasteiger partial charge in [0.1, 0.15) is 5.82 Å². The van der Waals surface area contributed by atoms with Crippen LogP contribution in [0.15, 0.2) is 18.2 Å². The van der Waals surface area contributed by atoms with Gasteiger partial charge in [-0.15, -0.1) is 11.3 Å². The average molecular weight is 251 g/mol. The first-order valence-corrected chi connectivity index (χ1v) is 6.87. The summed E-state index contributed by atoms with van der Waals surface area (Å²) in [6, 6.07) is 5.39. The molecule has 2 aromatic rings. The molecule has 1 nitrogen and oxygen atoms in total. The van der Waals surface area contributed by atoms with Crippen LogP contribution in [0.3, 0.4) is 0 Å². The summed E-state index contributed by atoms with van der Waals surface area (Å²) in [5.74, 6) is -0.153. The van der Waals surface area contributed by atoms with Crippen molar-refractivity contribution in [2.24, 2.45) is 0 Å². The van der Waals surface area contributed by atoms with E-state index in [2.05, 4.69) is 26.1 Å². The molecule has 1 unspecified atom stereocenters. The molecule has 2 rings (SSSR count). The van der Waals surface area contributed by atoms with Crippen molar-refractivity contribution in [2.45, 2.75) is 33.2 Å². The summed E-state index contributed by atoms with van der Waals surface area (Å²) < 4.78 is 14.2. The minimum Gasteiger partial charge on any atom is -0.309 e. The number of halogens is 1. The lowest BCUT2D eigenvalue weighted by atomic mass is 10.1. The van der Waals surface area contributed by atoms with Crippen molar-refractivity contribution in [1.82, 2.24) is 5.32 Å². The van der Waals surface area contributed by atoms with Crippen molar-refractivity contribution in [1.29, 1.82) is 0 Å².